The summed E-state index contributed by atoms with van der Waals surface area (Å²) in [6.45, 7) is 0.697. The quantitative estimate of drug-likeness (QED) is 0.802. The van der Waals surface area contributed by atoms with E-state index in [1.165, 1.54) is 0 Å². The van der Waals surface area contributed by atoms with Gasteiger partial charge in [0, 0.05) is 15.9 Å². The molecule has 0 aromatic heterocycles. The third kappa shape index (κ3) is 3.05. The summed E-state index contributed by atoms with van der Waals surface area (Å²) in [6.07, 6.45) is 0.952. The van der Waals surface area contributed by atoms with Gasteiger partial charge in [-0.25, -0.2) is 0 Å². The van der Waals surface area contributed by atoms with E-state index >= 15 is 0 Å². The summed E-state index contributed by atoms with van der Waals surface area (Å²) >= 11 is 15.6. The molecule has 104 valence electrons. The minimum absolute atomic E-state index is 0.0958. The molecule has 2 aromatic carbocycles. The van der Waals surface area contributed by atoms with Crippen molar-refractivity contribution in [2.45, 2.75) is 12.5 Å². The summed E-state index contributed by atoms with van der Waals surface area (Å²) in [4.78, 5) is 0. The van der Waals surface area contributed by atoms with E-state index < -0.39 is 0 Å². The summed E-state index contributed by atoms with van der Waals surface area (Å²) in [5.74, 6) is 0.918. The third-order valence-electron chi connectivity index (χ3n) is 3.21. The fraction of sp³-hybridized carbons (Fsp3) is 0.200. The Morgan fingerprint density at radius 2 is 2.05 bits per heavy atom. The van der Waals surface area contributed by atoms with Gasteiger partial charge in [-0.15, -0.1) is 0 Å². The van der Waals surface area contributed by atoms with E-state index in [0.29, 0.717) is 11.6 Å². The molecule has 2 nitrogen and oxygen atoms in total. The Kier molecular flexibility index (Phi) is 4.11. The maximum absolute atomic E-state index is 6.15. The van der Waals surface area contributed by atoms with Gasteiger partial charge >= 0.3 is 0 Å². The summed E-state index contributed by atoms with van der Waals surface area (Å²) in [7, 11) is 0. The van der Waals surface area contributed by atoms with Gasteiger partial charge in [0.25, 0.3) is 0 Å². The molecule has 1 heterocycles. The van der Waals surface area contributed by atoms with Crippen LogP contribution in [0.1, 0.15) is 5.56 Å². The van der Waals surface area contributed by atoms with Crippen LogP contribution in [0, 0.1) is 0 Å². The molecule has 3 rings (SSSR count). The van der Waals surface area contributed by atoms with E-state index in [9.17, 15) is 0 Å². The summed E-state index contributed by atoms with van der Waals surface area (Å²) in [6, 6.07) is 11.5. The molecule has 1 aliphatic heterocycles. The topological polar surface area (TPSA) is 21.3 Å². The molecule has 0 aliphatic carbocycles. The Bertz CT molecular complexity index is 648. The average Bonchev–Trinajstić information content (AvgIpc) is 2.81. The van der Waals surface area contributed by atoms with Gasteiger partial charge < -0.3 is 10.1 Å². The fourth-order valence-electron chi connectivity index (χ4n) is 2.26. The standard InChI is InChI=1S/C15H12BrCl2NO/c16-10-1-3-13(18)14(7-10)19-8-12-6-9-5-11(17)2-4-15(9)20-12/h1-5,7,12,19H,6,8H2. The van der Waals surface area contributed by atoms with Crippen molar-refractivity contribution >= 4 is 44.8 Å². The van der Waals surface area contributed by atoms with E-state index in [1.807, 2.05) is 36.4 Å². The summed E-state index contributed by atoms with van der Waals surface area (Å²) < 4.78 is 6.87. The SMILES string of the molecule is Clc1ccc2c(c1)CC(CNc1cc(Br)ccc1Cl)O2. The van der Waals surface area contributed by atoms with Crippen LogP contribution in [0.2, 0.25) is 10.0 Å². The van der Waals surface area contributed by atoms with Crippen LogP contribution in [-0.4, -0.2) is 12.6 Å². The summed E-state index contributed by atoms with van der Waals surface area (Å²) in [5, 5.41) is 4.77. The molecule has 0 amide bonds. The lowest BCUT2D eigenvalue weighted by atomic mass is 10.1. The zero-order chi connectivity index (χ0) is 14.1. The first-order chi connectivity index (χ1) is 9.61. The highest BCUT2D eigenvalue weighted by atomic mass is 79.9. The van der Waals surface area contributed by atoms with Crippen molar-refractivity contribution in [1.82, 2.24) is 0 Å². The molecule has 1 N–H and O–H groups in total. The number of fused-ring (bicyclic) bond motifs is 1. The molecule has 0 bridgehead atoms. The molecule has 0 saturated heterocycles. The molecule has 2 aromatic rings. The lowest BCUT2D eigenvalue weighted by Crippen LogP contribution is -2.24. The fourth-order valence-corrected chi connectivity index (χ4v) is 3.00. The highest BCUT2D eigenvalue weighted by Gasteiger charge is 2.22. The zero-order valence-corrected chi connectivity index (χ0v) is 13.6. The van der Waals surface area contributed by atoms with Crippen molar-refractivity contribution in [3.8, 4) is 5.75 Å². The summed E-state index contributed by atoms with van der Waals surface area (Å²) in [5.41, 5.74) is 2.06. The molecule has 0 saturated carbocycles. The first kappa shape index (κ1) is 14.1. The zero-order valence-electron chi connectivity index (χ0n) is 10.5. The molecule has 20 heavy (non-hydrogen) atoms. The lowest BCUT2D eigenvalue weighted by molar-refractivity contribution is 0.246. The molecule has 1 aliphatic rings. The maximum atomic E-state index is 6.15. The highest BCUT2D eigenvalue weighted by molar-refractivity contribution is 9.10. The second-order valence-corrected chi connectivity index (χ2v) is 6.46. The monoisotopic (exact) mass is 371 g/mol. The Morgan fingerprint density at radius 1 is 1.20 bits per heavy atom. The lowest BCUT2D eigenvalue weighted by Gasteiger charge is -2.14. The van der Waals surface area contributed by atoms with Gasteiger partial charge in [0.15, 0.2) is 0 Å². The van der Waals surface area contributed by atoms with E-state index in [1.54, 1.807) is 0 Å². The van der Waals surface area contributed by atoms with Crippen LogP contribution in [0.3, 0.4) is 0 Å². The Labute approximate surface area is 136 Å². The first-order valence-corrected chi connectivity index (χ1v) is 7.81. The number of hydrogen-bond donors (Lipinski definition) is 1. The number of benzene rings is 2. The molecular weight excluding hydrogens is 361 g/mol. The third-order valence-corrected chi connectivity index (χ3v) is 4.27. The molecule has 0 spiro atoms. The van der Waals surface area contributed by atoms with E-state index in [0.717, 1.165) is 32.9 Å². The van der Waals surface area contributed by atoms with Crippen molar-refractivity contribution in [2.75, 3.05) is 11.9 Å². The van der Waals surface area contributed by atoms with Gasteiger partial charge in [0.05, 0.1) is 17.3 Å². The Morgan fingerprint density at radius 3 is 2.90 bits per heavy atom. The van der Waals surface area contributed by atoms with Crippen LogP contribution in [0.25, 0.3) is 0 Å². The van der Waals surface area contributed by atoms with Crippen LogP contribution in [0.4, 0.5) is 5.69 Å². The molecule has 1 atom stereocenters. The number of rotatable bonds is 3. The number of halogens is 3. The van der Waals surface area contributed by atoms with Crippen molar-refractivity contribution in [3.05, 3.63) is 56.5 Å². The van der Waals surface area contributed by atoms with Gasteiger partial charge in [0.2, 0.25) is 0 Å². The number of ether oxygens (including phenoxy) is 1. The van der Waals surface area contributed by atoms with Gasteiger partial charge in [-0.05, 0) is 42.0 Å². The van der Waals surface area contributed by atoms with E-state index in [-0.39, 0.29) is 6.10 Å². The number of nitrogens with one attached hydrogen (secondary N) is 1. The number of anilines is 1. The van der Waals surface area contributed by atoms with Crippen LogP contribution >= 0.6 is 39.1 Å². The predicted octanol–water partition coefficient (Wildman–Crippen LogP) is 5.17. The minimum atomic E-state index is 0.0958. The molecule has 0 fully saturated rings. The Balaban J connectivity index is 1.65. The minimum Gasteiger partial charge on any atom is -0.488 e. The van der Waals surface area contributed by atoms with Crippen molar-refractivity contribution < 1.29 is 4.74 Å². The Hall–Kier alpha value is -0.900. The first-order valence-electron chi connectivity index (χ1n) is 6.26. The second-order valence-electron chi connectivity index (χ2n) is 4.70. The van der Waals surface area contributed by atoms with E-state index in [4.69, 9.17) is 27.9 Å². The average molecular weight is 373 g/mol. The molecule has 1 unspecified atom stereocenters. The number of hydrogen-bond acceptors (Lipinski definition) is 2. The largest absolute Gasteiger partial charge is 0.488 e. The maximum Gasteiger partial charge on any atom is 0.123 e. The van der Waals surface area contributed by atoms with Crippen molar-refractivity contribution in [3.63, 3.8) is 0 Å². The van der Waals surface area contributed by atoms with Crippen LogP contribution in [0.15, 0.2) is 40.9 Å². The molecule has 0 radical (unpaired) electrons. The van der Waals surface area contributed by atoms with Gasteiger partial charge in [-0.2, -0.15) is 0 Å². The smallest absolute Gasteiger partial charge is 0.123 e. The molecular formula is C15H12BrCl2NO. The van der Waals surface area contributed by atoms with Gasteiger partial charge in [0.1, 0.15) is 11.9 Å². The van der Waals surface area contributed by atoms with Crippen LogP contribution in [0.5, 0.6) is 5.75 Å². The van der Waals surface area contributed by atoms with Gasteiger partial charge in [-0.3, -0.25) is 0 Å². The van der Waals surface area contributed by atoms with Crippen LogP contribution in [-0.2, 0) is 6.42 Å². The van der Waals surface area contributed by atoms with E-state index in [2.05, 4.69) is 21.2 Å². The predicted molar refractivity (Wildman–Crippen MR) is 87.2 cm³/mol. The normalized spacial score (nSPS) is 16.6. The molecule has 5 heteroatoms. The second kappa shape index (κ2) is 5.84. The van der Waals surface area contributed by atoms with Crippen molar-refractivity contribution in [2.24, 2.45) is 0 Å². The van der Waals surface area contributed by atoms with Gasteiger partial charge in [-0.1, -0.05) is 39.1 Å². The van der Waals surface area contributed by atoms with Crippen LogP contribution < -0.4 is 10.1 Å². The van der Waals surface area contributed by atoms with Crippen molar-refractivity contribution in [1.29, 1.82) is 0 Å². The highest BCUT2D eigenvalue weighted by Crippen LogP contribution is 2.32.